The van der Waals surface area contributed by atoms with Crippen LogP contribution in [0.25, 0.3) is 66.7 Å². The van der Waals surface area contributed by atoms with Gasteiger partial charge in [-0.15, -0.1) is 44.9 Å². The van der Waals surface area contributed by atoms with E-state index >= 15 is 0 Å². The maximum atomic E-state index is 11.9. The van der Waals surface area contributed by atoms with Crippen molar-refractivity contribution in [3.8, 4) is 72.4 Å². The monoisotopic (exact) mass is 1010 g/mol. The summed E-state index contributed by atoms with van der Waals surface area (Å²) in [7, 11) is 0. The molecule has 0 bridgehead atoms. The standard InChI is InChI=1S/C64H72N4O5S/c1-7-13-14-19-22-40-64(39-8-2)55-43-49(58-38-37-57(74-58)47-27-25-46(26-28-47)42-45(9-3)10-4)31-35-53(55)54-36-32-50(44-56(54)64)61-66-68-63(73-61)62-67-65-60(72-62)48-29-33-52(34-30-48)70-41-23-20-17-15-16-18-21-24-59(69)71-51(11-5)12-6/h9-12,25-38,43-45,51H,3-8,13-24,39-42H2,1-2H3. The number of nitrogens with zero attached hydrogens (tertiary/aromatic N) is 4. The number of hydrogen-bond acceptors (Lipinski definition) is 10. The number of carbonyl (C=O) groups is 1. The van der Waals surface area contributed by atoms with Gasteiger partial charge < -0.3 is 18.3 Å². The van der Waals surface area contributed by atoms with Crippen molar-refractivity contribution in [3.63, 3.8) is 0 Å². The molecule has 0 saturated heterocycles. The molecule has 9 nitrogen and oxygen atoms in total. The van der Waals surface area contributed by atoms with Gasteiger partial charge in [0.25, 0.3) is 0 Å². The SMILES string of the molecule is C=CC(C=C)Cc1ccc(-c2ccc(-c3ccc4c(c3)C(CCC)(CCCCCCC)c3cc(-c5nnc(-c6nnc(-c7ccc(OCCCCCCCCCC(=O)OC(C=C)C=C)cc7)o6)o5)ccc3-4)s2)cc1. The van der Waals surface area contributed by atoms with E-state index in [-0.39, 0.29) is 29.1 Å². The van der Waals surface area contributed by atoms with Crippen molar-refractivity contribution in [1.82, 2.24) is 20.4 Å². The van der Waals surface area contributed by atoms with E-state index in [1.807, 2.05) is 47.8 Å². The highest BCUT2D eigenvalue weighted by molar-refractivity contribution is 7.18. The highest BCUT2D eigenvalue weighted by Crippen LogP contribution is 2.56. The molecule has 0 amide bonds. The van der Waals surface area contributed by atoms with E-state index in [1.165, 1.54) is 74.4 Å². The summed E-state index contributed by atoms with van der Waals surface area (Å²) in [6.45, 7) is 20.5. The minimum atomic E-state index is -0.412. The average Bonchev–Trinajstić information content (AvgIpc) is 4.29. The maximum Gasteiger partial charge on any atom is 0.306 e. The topological polar surface area (TPSA) is 113 Å². The molecule has 1 unspecified atom stereocenters. The third kappa shape index (κ3) is 13.1. The lowest BCUT2D eigenvalue weighted by Gasteiger charge is -2.33. The minimum Gasteiger partial charge on any atom is -0.494 e. The fraction of sp³-hybridized carbons (Fsp3) is 0.359. The van der Waals surface area contributed by atoms with Crippen LogP contribution in [0, 0.1) is 5.92 Å². The Morgan fingerprint density at radius 1 is 0.568 bits per heavy atom. The first-order valence-corrected chi connectivity index (χ1v) is 27.7. The Balaban J connectivity index is 0.907. The van der Waals surface area contributed by atoms with Crippen LogP contribution in [-0.4, -0.2) is 39.1 Å². The van der Waals surface area contributed by atoms with Crippen molar-refractivity contribution in [2.75, 3.05) is 6.61 Å². The highest BCUT2D eigenvalue weighted by atomic mass is 32.1. The van der Waals surface area contributed by atoms with Crippen LogP contribution in [0.5, 0.6) is 5.75 Å². The normalized spacial score (nSPS) is 13.7. The second-order valence-electron chi connectivity index (χ2n) is 19.6. The Kier molecular flexibility index (Phi) is 19.0. The number of fused-ring (bicyclic) bond motifs is 3. The first-order chi connectivity index (χ1) is 36.3. The highest BCUT2D eigenvalue weighted by Gasteiger charge is 2.42. The molecule has 0 spiro atoms. The largest absolute Gasteiger partial charge is 0.494 e. The predicted molar refractivity (Wildman–Crippen MR) is 302 cm³/mol. The van der Waals surface area contributed by atoms with Crippen molar-refractivity contribution in [2.24, 2.45) is 5.92 Å². The van der Waals surface area contributed by atoms with Gasteiger partial charge in [0.2, 0.25) is 11.8 Å². The van der Waals surface area contributed by atoms with Crippen molar-refractivity contribution in [3.05, 3.63) is 164 Å². The van der Waals surface area contributed by atoms with Crippen LogP contribution in [0.1, 0.15) is 133 Å². The van der Waals surface area contributed by atoms with Crippen molar-refractivity contribution in [2.45, 2.75) is 135 Å². The van der Waals surface area contributed by atoms with E-state index in [9.17, 15) is 4.79 Å². The summed E-state index contributed by atoms with van der Waals surface area (Å²) in [6, 6.07) is 34.9. The first-order valence-electron chi connectivity index (χ1n) is 26.9. The molecule has 384 valence electrons. The van der Waals surface area contributed by atoms with Crippen molar-refractivity contribution in [1.29, 1.82) is 0 Å². The number of hydrogen-bond donors (Lipinski definition) is 0. The van der Waals surface area contributed by atoms with Gasteiger partial charge in [-0.2, -0.15) is 0 Å². The van der Waals surface area contributed by atoms with Crippen LogP contribution < -0.4 is 4.74 Å². The zero-order valence-corrected chi connectivity index (χ0v) is 44.3. The van der Waals surface area contributed by atoms with Gasteiger partial charge in [0.15, 0.2) is 0 Å². The van der Waals surface area contributed by atoms with Crippen LogP contribution in [0.3, 0.4) is 0 Å². The second kappa shape index (κ2) is 26.3. The summed E-state index contributed by atoms with van der Waals surface area (Å²) >= 11 is 1.85. The second-order valence-corrected chi connectivity index (χ2v) is 20.6. The summed E-state index contributed by atoms with van der Waals surface area (Å²) in [4.78, 5) is 14.5. The van der Waals surface area contributed by atoms with Crippen LogP contribution in [0.2, 0.25) is 0 Å². The molecule has 1 aliphatic carbocycles. The number of aromatic nitrogens is 4. The third-order valence-corrected chi connectivity index (χ3v) is 15.5. The Labute approximate surface area is 442 Å². The summed E-state index contributed by atoms with van der Waals surface area (Å²) in [5.74, 6) is 1.96. The van der Waals surface area contributed by atoms with E-state index in [0.29, 0.717) is 24.8 Å². The Morgan fingerprint density at radius 2 is 1.11 bits per heavy atom. The van der Waals surface area contributed by atoms with Crippen LogP contribution in [-0.2, 0) is 21.4 Å². The minimum absolute atomic E-state index is 0.156. The lowest BCUT2D eigenvalue weighted by Crippen LogP contribution is -2.25. The zero-order chi connectivity index (χ0) is 51.7. The molecule has 0 radical (unpaired) electrons. The smallest absolute Gasteiger partial charge is 0.306 e. The number of benzene rings is 4. The fourth-order valence-corrected chi connectivity index (χ4v) is 11.3. The van der Waals surface area contributed by atoms with Gasteiger partial charge in [0.1, 0.15) is 11.9 Å². The number of unbranched alkanes of at least 4 members (excludes halogenated alkanes) is 10. The molecule has 1 atom stereocenters. The number of ether oxygens (including phenoxy) is 2. The van der Waals surface area contributed by atoms with E-state index in [2.05, 4.69) is 133 Å². The molecule has 7 aromatic rings. The third-order valence-electron chi connectivity index (χ3n) is 14.4. The van der Waals surface area contributed by atoms with E-state index in [4.69, 9.17) is 18.3 Å². The van der Waals surface area contributed by atoms with Gasteiger partial charge in [0.05, 0.1) is 6.61 Å². The Morgan fingerprint density at radius 3 is 1.74 bits per heavy atom. The molecule has 0 aliphatic heterocycles. The summed E-state index contributed by atoms with van der Waals surface area (Å²) in [5, 5.41) is 17.5. The van der Waals surface area contributed by atoms with E-state index < -0.39 is 6.10 Å². The molecule has 3 aromatic heterocycles. The van der Waals surface area contributed by atoms with Gasteiger partial charge in [-0.1, -0.05) is 152 Å². The Hall–Kier alpha value is -6.91. The molecule has 0 N–H and O–H groups in total. The Bertz CT molecular complexity index is 2950. The van der Waals surface area contributed by atoms with Gasteiger partial charge in [-0.25, -0.2) is 0 Å². The van der Waals surface area contributed by atoms with E-state index in [1.54, 1.807) is 12.2 Å². The number of esters is 1. The number of rotatable bonds is 31. The average molecular weight is 1010 g/mol. The van der Waals surface area contributed by atoms with Gasteiger partial charge in [-0.3, -0.25) is 4.79 Å². The maximum absolute atomic E-state index is 11.9. The van der Waals surface area contributed by atoms with Crippen LogP contribution in [0.4, 0.5) is 0 Å². The van der Waals surface area contributed by atoms with Crippen LogP contribution >= 0.6 is 11.3 Å². The van der Waals surface area contributed by atoms with Crippen molar-refractivity contribution >= 4 is 17.3 Å². The molecule has 4 aromatic carbocycles. The molecular formula is C64H72N4O5S. The summed E-state index contributed by atoms with van der Waals surface area (Å²) in [6.07, 6.45) is 24.6. The zero-order valence-electron chi connectivity index (χ0n) is 43.5. The lowest BCUT2D eigenvalue weighted by atomic mass is 9.70. The number of allylic oxidation sites excluding steroid dienone is 2. The van der Waals surface area contributed by atoms with Gasteiger partial charge in [0, 0.05) is 32.7 Å². The fourth-order valence-electron chi connectivity index (χ4n) is 10.3. The molecule has 0 fully saturated rings. The summed E-state index contributed by atoms with van der Waals surface area (Å²) < 4.78 is 23.7. The van der Waals surface area contributed by atoms with Crippen LogP contribution in [0.15, 0.2) is 157 Å². The molecule has 74 heavy (non-hydrogen) atoms. The number of thiophene rings is 1. The van der Waals surface area contributed by atoms with E-state index in [0.717, 1.165) is 93.9 Å². The van der Waals surface area contributed by atoms with Crippen molar-refractivity contribution < 1.29 is 23.1 Å². The lowest BCUT2D eigenvalue weighted by molar-refractivity contribution is -0.145. The quantitative estimate of drug-likeness (QED) is 0.0238. The van der Waals surface area contributed by atoms with Gasteiger partial charge in [-0.05, 0) is 144 Å². The first kappa shape index (κ1) is 53.4. The summed E-state index contributed by atoms with van der Waals surface area (Å²) in [5.41, 5.74) is 10.6. The predicted octanol–water partition coefficient (Wildman–Crippen LogP) is 17.6. The van der Waals surface area contributed by atoms with Gasteiger partial charge >= 0.3 is 17.8 Å². The molecule has 3 heterocycles. The molecule has 0 saturated carbocycles. The number of carbonyl (C=O) groups excluding carboxylic acids is 1. The molecule has 1 aliphatic rings. The molecule has 10 heteroatoms. The molecule has 8 rings (SSSR count). The molecular weight excluding hydrogens is 937 g/mol.